The average Bonchev–Trinajstić information content (AvgIpc) is 3.24. The largest absolute Gasteiger partial charge is 0.504 e. The van der Waals surface area contributed by atoms with Crippen molar-refractivity contribution in [1.82, 2.24) is 4.57 Å². The van der Waals surface area contributed by atoms with Gasteiger partial charge in [-0.3, -0.25) is 14.2 Å². The summed E-state index contributed by atoms with van der Waals surface area (Å²) in [5.41, 5.74) is 2.72. The van der Waals surface area contributed by atoms with Crippen LogP contribution in [0.5, 0.6) is 17.2 Å². The molecule has 0 spiro atoms. The zero-order chi connectivity index (χ0) is 27.5. The summed E-state index contributed by atoms with van der Waals surface area (Å²) in [6.07, 6.45) is 1.73. The van der Waals surface area contributed by atoms with Crippen molar-refractivity contribution in [2.45, 2.75) is 19.9 Å². The first kappa shape index (κ1) is 26.0. The number of amides is 1. The summed E-state index contributed by atoms with van der Waals surface area (Å²) >= 11 is 1.24. The summed E-state index contributed by atoms with van der Waals surface area (Å²) < 4.78 is 12.8. The molecule has 2 N–H and O–H groups in total. The molecule has 0 saturated heterocycles. The van der Waals surface area contributed by atoms with Crippen LogP contribution in [0.2, 0.25) is 0 Å². The number of benzene rings is 3. The molecule has 0 saturated carbocycles. The number of aromatic hydroxyl groups is 1. The highest BCUT2D eigenvalue weighted by Gasteiger charge is 2.32. The maximum absolute atomic E-state index is 13.8. The van der Waals surface area contributed by atoms with E-state index in [1.807, 2.05) is 49.4 Å². The van der Waals surface area contributed by atoms with Crippen LogP contribution >= 0.6 is 11.3 Å². The molecule has 0 unspecified atom stereocenters. The number of hydrogen-bond acceptors (Lipinski definition) is 7. The number of allylic oxidation sites excluding steroid dienone is 1. The molecule has 2 heterocycles. The zero-order valence-corrected chi connectivity index (χ0v) is 22.5. The Balaban J connectivity index is 1.65. The summed E-state index contributed by atoms with van der Waals surface area (Å²) in [5.74, 6) is 0.681. The molecule has 198 valence electrons. The Morgan fingerprint density at radius 1 is 1.13 bits per heavy atom. The number of methoxy groups -OCH3 is 1. The minimum atomic E-state index is -0.697. The maximum Gasteiger partial charge on any atom is 0.271 e. The maximum atomic E-state index is 13.8. The van der Waals surface area contributed by atoms with E-state index in [4.69, 9.17) is 9.47 Å². The van der Waals surface area contributed by atoms with Crippen molar-refractivity contribution < 1.29 is 19.4 Å². The Labute approximate surface area is 228 Å². The van der Waals surface area contributed by atoms with Crippen molar-refractivity contribution in [3.05, 3.63) is 115 Å². The van der Waals surface area contributed by atoms with E-state index in [9.17, 15) is 14.7 Å². The number of nitrogens with zero attached hydrogens (tertiary/aromatic N) is 2. The highest BCUT2D eigenvalue weighted by Crippen LogP contribution is 2.32. The molecule has 0 aliphatic carbocycles. The van der Waals surface area contributed by atoms with Gasteiger partial charge in [-0.1, -0.05) is 47.7 Å². The number of ether oxygens (including phenoxy) is 2. The predicted octanol–water partition coefficient (Wildman–Crippen LogP) is 3.99. The SMILES string of the molecule is CCOc1ccc([C@@H]2C(C(=O)Nc3ccccc3)=C(C)N=c3s/c(=C\c4ccc(O)c(OC)c4)c(=O)n32)cc1. The molecule has 0 bridgehead atoms. The second-order valence-corrected chi connectivity index (χ2v) is 9.84. The van der Waals surface area contributed by atoms with Gasteiger partial charge in [-0.2, -0.15) is 0 Å². The lowest BCUT2D eigenvalue weighted by Gasteiger charge is -2.25. The van der Waals surface area contributed by atoms with Crippen LogP contribution in [0.25, 0.3) is 6.08 Å². The van der Waals surface area contributed by atoms with Gasteiger partial charge in [-0.15, -0.1) is 0 Å². The van der Waals surface area contributed by atoms with Crippen LogP contribution in [-0.4, -0.2) is 29.3 Å². The Morgan fingerprint density at radius 3 is 2.56 bits per heavy atom. The van der Waals surface area contributed by atoms with Crippen molar-refractivity contribution >= 4 is 29.0 Å². The van der Waals surface area contributed by atoms with Gasteiger partial charge in [0.2, 0.25) is 0 Å². The minimum absolute atomic E-state index is 0.0105. The minimum Gasteiger partial charge on any atom is -0.504 e. The van der Waals surface area contributed by atoms with Gasteiger partial charge in [0.25, 0.3) is 11.5 Å². The number of thiazole rings is 1. The first-order valence-corrected chi connectivity index (χ1v) is 13.2. The molecule has 9 heteroatoms. The van der Waals surface area contributed by atoms with Crippen LogP contribution in [0, 0.1) is 0 Å². The number of phenolic OH excluding ortho intramolecular Hbond substituents is 1. The van der Waals surface area contributed by atoms with E-state index >= 15 is 0 Å². The van der Waals surface area contributed by atoms with Gasteiger partial charge < -0.3 is 19.9 Å². The normalized spacial score (nSPS) is 14.9. The van der Waals surface area contributed by atoms with E-state index in [2.05, 4.69) is 10.3 Å². The van der Waals surface area contributed by atoms with Gasteiger partial charge >= 0.3 is 0 Å². The van der Waals surface area contributed by atoms with E-state index in [1.54, 1.807) is 41.8 Å². The van der Waals surface area contributed by atoms with Gasteiger partial charge in [0.15, 0.2) is 16.3 Å². The standard InChI is InChI=1S/C30H27N3O5S/c1-4-38-22-13-11-20(12-14-22)27-26(28(35)32-21-8-6-5-7-9-21)18(2)31-30-33(27)29(36)25(39-30)17-19-10-15-23(34)24(16-19)37-3/h5-17,27,34H,4H2,1-3H3,(H,32,35)/b25-17-/t27-/m1/s1. The summed E-state index contributed by atoms with van der Waals surface area (Å²) in [6.45, 7) is 4.22. The van der Waals surface area contributed by atoms with Gasteiger partial charge in [-0.05, 0) is 67.4 Å². The van der Waals surface area contributed by atoms with Crippen LogP contribution in [0.15, 0.2) is 93.9 Å². The van der Waals surface area contributed by atoms with Gasteiger partial charge in [-0.25, -0.2) is 4.99 Å². The molecule has 39 heavy (non-hydrogen) atoms. The van der Waals surface area contributed by atoms with Gasteiger partial charge in [0.1, 0.15) is 5.75 Å². The monoisotopic (exact) mass is 541 g/mol. The number of para-hydroxylation sites is 1. The second-order valence-electron chi connectivity index (χ2n) is 8.84. The lowest BCUT2D eigenvalue weighted by molar-refractivity contribution is -0.113. The van der Waals surface area contributed by atoms with Crippen LogP contribution in [-0.2, 0) is 4.79 Å². The number of nitrogens with one attached hydrogen (secondary N) is 1. The third kappa shape index (κ3) is 5.21. The number of hydrogen-bond donors (Lipinski definition) is 2. The smallest absolute Gasteiger partial charge is 0.271 e. The Hall–Kier alpha value is -4.63. The molecular weight excluding hydrogens is 514 g/mol. The first-order chi connectivity index (χ1) is 18.9. The summed E-state index contributed by atoms with van der Waals surface area (Å²) in [7, 11) is 1.47. The van der Waals surface area contributed by atoms with E-state index in [0.717, 1.165) is 5.56 Å². The second kappa shape index (κ2) is 11.0. The molecular formula is C30H27N3O5S. The lowest BCUT2D eigenvalue weighted by atomic mass is 9.95. The number of rotatable bonds is 7. The number of carbonyl (C=O) groups excluding carboxylic acids is 1. The number of anilines is 1. The molecule has 4 aromatic rings. The van der Waals surface area contributed by atoms with Gasteiger partial charge in [0, 0.05) is 5.69 Å². The lowest BCUT2D eigenvalue weighted by Crippen LogP contribution is -2.40. The Morgan fingerprint density at radius 2 is 1.87 bits per heavy atom. The molecule has 1 aliphatic heterocycles. The van der Waals surface area contributed by atoms with Crippen molar-refractivity contribution in [2.24, 2.45) is 4.99 Å². The number of fused-ring (bicyclic) bond motifs is 1. The van der Waals surface area contributed by atoms with Crippen LogP contribution in [0.3, 0.4) is 0 Å². The average molecular weight is 542 g/mol. The highest BCUT2D eigenvalue weighted by atomic mass is 32.1. The van der Waals surface area contributed by atoms with Crippen molar-refractivity contribution in [3.8, 4) is 17.2 Å². The van der Waals surface area contributed by atoms with Crippen LogP contribution in [0.1, 0.15) is 31.0 Å². The molecule has 3 aromatic carbocycles. The van der Waals surface area contributed by atoms with Crippen LogP contribution in [0.4, 0.5) is 5.69 Å². The van der Waals surface area contributed by atoms with Crippen molar-refractivity contribution in [2.75, 3.05) is 19.0 Å². The highest BCUT2D eigenvalue weighted by molar-refractivity contribution is 7.07. The van der Waals surface area contributed by atoms with Crippen molar-refractivity contribution in [1.29, 1.82) is 0 Å². The molecule has 8 nitrogen and oxygen atoms in total. The fourth-order valence-electron chi connectivity index (χ4n) is 4.50. The number of carbonyl (C=O) groups is 1. The van der Waals surface area contributed by atoms with E-state index < -0.39 is 6.04 Å². The third-order valence-corrected chi connectivity index (χ3v) is 7.29. The summed E-state index contributed by atoms with van der Waals surface area (Å²) in [6, 6.07) is 20.7. The molecule has 5 rings (SSSR count). The molecule has 0 radical (unpaired) electrons. The van der Waals surface area contributed by atoms with Crippen LogP contribution < -0.4 is 29.7 Å². The zero-order valence-electron chi connectivity index (χ0n) is 21.7. The predicted molar refractivity (Wildman–Crippen MR) is 151 cm³/mol. The van der Waals surface area contributed by atoms with E-state index in [-0.39, 0.29) is 17.2 Å². The first-order valence-electron chi connectivity index (χ1n) is 12.4. The quantitative estimate of drug-likeness (QED) is 0.369. The molecule has 1 atom stereocenters. The van der Waals surface area contributed by atoms with E-state index in [0.29, 0.717) is 50.0 Å². The topological polar surface area (TPSA) is 102 Å². The summed E-state index contributed by atoms with van der Waals surface area (Å²) in [5, 5.41) is 12.9. The number of phenols is 1. The van der Waals surface area contributed by atoms with Gasteiger partial charge in [0.05, 0.1) is 35.6 Å². The van der Waals surface area contributed by atoms with E-state index in [1.165, 1.54) is 24.5 Å². The molecule has 1 amide bonds. The fourth-order valence-corrected chi connectivity index (χ4v) is 5.54. The molecule has 1 aromatic heterocycles. The third-order valence-electron chi connectivity index (χ3n) is 6.31. The fraction of sp³-hybridized carbons (Fsp3) is 0.167. The van der Waals surface area contributed by atoms with Crippen molar-refractivity contribution in [3.63, 3.8) is 0 Å². The molecule has 0 fully saturated rings. The Bertz CT molecular complexity index is 1740. The molecule has 1 aliphatic rings. The summed E-state index contributed by atoms with van der Waals surface area (Å²) in [4.78, 5) is 32.7. The number of aromatic nitrogens is 1. The Kier molecular flexibility index (Phi) is 7.33.